The molecule has 0 aliphatic carbocycles. The first-order valence-electron chi connectivity index (χ1n) is 7.33. The highest BCUT2D eigenvalue weighted by Crippen LogP contribution is 2.31. The number of hydrogen-bond donors (Lipinski definition) is 1. The van der Waals surface area contributed by atoms with E-state index >= 15 is 0 Å². The van der Waals surface area contributed by atoms with E-state index in [0.29, 0.717) is 23.2 Å². The number of anilines is 2. The number of nitrogen functional groups attached to an aromatic ring is 1. The van der Waals surface area contributed by atoms with Crippen molar-refractivity contribution in [3.8, 4) is 0 Å². The maximum Gasteiger partial charge on any atom is 0.253 e. The van der Waals surface area contributed by atoms with E-state index in [-0.39, 0.29) is 5.91 Å². The zero-order valence-corrected chi connectivity index (χ0v) is 13.6. The molecule has 2 N–H and O–H groups in total. The number of nitrogens with two attached hydrogens (primary N) is 1. The maximum absolute atomic E-state index is 12.0. The van der Waals surface area contributed by atoms with Gasteiger partial charge in [0.2, 0.25) is 0 Å². The summed E-state index contributed by atoms with van der Waals surface area (Å²) >= 11 is 0. The van der Waals surface area contributed by atoms with Crippen LogP contribution < -0.4 is 10.6 Å². The van der Waals surface area contributed by atoms with Crippen LogP contribution in [0, 0.1) is 5.92 Å². The Bertz CT molecular complexity index is 527. The second-order valence-corrected chi connectivity index (χ2v) is 6.39. The first-order chi connectivity index (χ1) is 9.81. The van der Waals surface area contributed by atoms with E-state index in [1.807, 2.05) is 12.1 Å². The van der Waals surface area contributed by atoms with Crippen molar-refractivity contribution >= 4 is 17.3 Å². The van der Waals surface area contributed by atoms with E-state index in [4.69, 9.17) is 5.73 Å². The number of amides is 1. The van der Waals surface area contributed by atoms with E-state index in [0.717, 1.165) is 18.8 Å². The van der Waals surface area contributed by atoms with Gasteiger partial charge in [0.05, 0.1) is 11.4 Å². The van der Waals surface area contributed by atoms with Crippen LogP contribution in [-0.4, -0.2) is 63.0 Å². The lowest BCUT2D eigenvalue weighted by Gasteiger charge is -2.24. The quantitative estimate of drug-likeness (QED) is 0.854. The van der Waals surface area contributed by atoms with Gasteiger partial charge in [0, 0.05) is 38.8 Å². The van der Waals surface area contributed by atoms with Crippen LogP contribution in [0.4, 0.5) is 11.4 Å². The van der Waals surface area contributed by atoms with Gasteiger partial charge in [-0.25, -0.2) is 0 Å². The third-order valence-electron chi connectivity index (χ3n) is 4.26. The molecule has 116 valence electrons. The molecular formula is C16H26N4O. The number of rotatable bonds is 3. The van der Waals surface area contributed by atoms with Crippen LogP contribution in [0.1, 0.15) is 17.3 Å². The zero-order chi connectivity index (χ0) is 15.7. The number of hydrogen-bond acceptors (Lipinski definition) is 4. The second kappa shape index (κ2) is 5.93. The molecule has 0 spiro atoms. The molecule has 1 amide bonds. The molecule has 1 aliphatic heterocycles. The molecule has 0 saturated carbocycles. The van der Waals surface area contributed by atoms with Crippen molar-refractivity contribution in [2.75, 3.05) is 51.9 Å². The normalized spacial score (nSPS) is 21.9. The number of benzene rings is 1. The summed E-state index contributed by atoms with van der Waals surface area (Å²) in [5.74, 6) is 0.580. The summed E-state index contributed by atoms with van der Waals surface area (Å²) in [6.07, 6.45) is 0. The van der Waals surface area contributed by atoms with Gasteiger partial charge in [-0.1, -0.05) is 6.92 Å². The van der Waals surface area contributed by atoms with Crippen molar-refractivity contribution in [1.82, 2.24) is 9.80 Å². The highest BCUT2D eigenvalue weighted by molar-refractivity contribution is 5.95. The molecular weight excluding hydrogens is 264 g/mol. The standard InChI is InChI=1S/C16H26N4O/c1-11-9-20(10-15(11)18(2)3)14-7-6-12(8-13(14)17)16(21)19(4)5/h6-8,11,15H,9-10,17H2,1-5H3. The minimum atomic E-state index is -0.0193. The number of carbonyl (C=O) groups is 1. The Balaban J connectivity index is 2.21. The molecule has 1 heterocycles. The van der Waals surface area contributed by atoms with Gasteiger partial charge in [-0.05, 0) is 38.2 Å². The number of likely N-dealkylation sites (N-methyl/N-ethyl adjacent to an activating group) is 1. The lowest BCUT2D eigenvalue weighted by Crippen LogP contribution is -2.34. The number of nitrogens with zero attached hydrogens (tertiary/aromatic N) is 3. The van der Waals surface area contributed by atoms with Gasteiger partial charge >= 0.3 is 0 Å². The summed E-state index contributed by atoms with van der Waals surface area (Å²) in [6, 6.07) is 6.15. The highest BCUT2D eigenvalue weighted by atomic mass is 16.2. The van der Waals surface area contributed by atoms with Crippen LogP contribution in [-0.2, 0) is 0 Å². The molecule has 5 nitrogen and oxygen atoms in total. The second-order valence-electron chi connectivity index (χ2n) is 6.39. The Kier molecular flexibility index (Phi) is 4.42. The fourth-order valence-electron chi connectivity index (χ4n) is 3.05. The molecule has 2 atom stereocenters. The van der Waals surface area contributed by atoms with Gasteiger partial charge in [-0.3, -0.25) is 4.79 Å². The Morgan fingerprint density at radius 2 is 1.90 bits per heavy atom. The van der Waals surface area contributed by atoms with Crippen molar-refractivity contribution in [2.24, 2.45) is 5.92 Å². The molecule has 1 aromatic rings. The first-order valence-corrected chi connectivity index (χ1v) is 7.33. The molecule has 1 aromatic carbocycles. The molecule has 2 rings (SSSR count). The summed E-state index contributed by atoms with van der Waals surface area (Å²) in [5, 5.41) is 0. The Labute approximate surface area is 127 Å². The molecule has 1 aliphatic rings. The van der Waals surface area contributed by atoms with Crippen LogP contribution in [0.2, 0.25) is 0 Å². The van der Waals surface area contributed by atoms with Crippen LogP contribution in [0.25, 0.3) is 0 Å². The zero-order valence-electron chi connectivity index (χ0n) is 13.6. The van der Waals surface area contributed by atoms with Crippen LogP contribution in [0.3, 0.4) is 0 Å². The van der Waals surface area contributed by atoms with Crippen molar-refractivity contribution in [3.63, 3.8) is 0 Å². The molecule has 1 saturated heterocycles. The SMILES string of the molecule is CC1CN(c2ccc(C(=O)N(C)C)cc2N)CC1N(C)C. The average Bonchev–Trinajstić information content (AvgIpc) is 2.79. The van der Waals surface area contributed by atoms with Crippen LogP contribution >= 0.6 is 0 Å². The van der Waals surface area contributed by atoms with E-state index < -0.39 is 0 Å². The molecule has 0 radical (unpaired) electrons. The van der Waals surface area contributed by atoms with Crippen molar-refractivity contribution in [1.29, 1.82) is 0 Å². The predicted octanol–water partition coefficient (Wildman–Crippen LogP) is 1.36. The maximum atomic E-state index is 12.0. The third kappa shape index (κ3) is 3.13. The fraction of sp³-hybridized carbons (Fsp3) is 0.562. The first kappa shape index (κ1) is 15.6. The van der Waals surface area contributed by atoms with Gasteiger partial charge in [-0.2, -0.15) is 0 Å². The largest absolute Gasteiger partial charge is 0.397 e. The summed E-state index contributed by atoms with van der Waals surface area (Å²) in [7, 11) is 7.73. The van der Waals surface area contributed by atoms with E-state index in [9.17, 15) is 4.79 Å². The van der Waals surface area contributed by atoms with Gasteiger partial charge in [0.25, 0.3) is 5.91 Å². The van der Waals surface area contributed by atoms with Crippen LogP contribution in [0.5, 0.6) is 0 Å². The Morgan fingerprint density at radius 1 is 1.24 bits per heavy atom. The number of carbonyl (C=O) groups excluding carboxylic acids is 1. The molecule has 5 heteroatoms. The summed E-state index contributed by atoms with van der Waals surface area (Å²) < 4.78 is 0. The average molecular weight is 290 g/mol. The van der Waals surface area contributed by atoms with Crippen molar-refractivity contribution in [2.45, 2.75) is 13.0 Å². The summed E-state index contributed by atoms with van der Waals surface area (Å²) in [6.45, 7) is 4.23. The minimum absolute atomic E-state index is 0.0193. The molecule has 0 bridgehead atoms. The summed E-state index contributed by atoms with van der Waals surface area (Å²) in [5.41, 5.74) is 8.52. The summed E-state index contributed by atoms with van der Waals surface area (Å²) in [4.78, 5) is 18.1. The minimum Gasteiger partial charge on any atom is -0.397 e. The predicted molar refractivity (Wildman–Crippen MR) is 87.7 cm³/mol. The monoisotopic (exact) mass is 290 g/mol. The van der Waals surface area contributed by atoms with Crippen molar-refractivity contribution in [3.05, 3.63) is 23.8 Å². The molecule has 0 aromatic heterocycles. The molecule has 2 unspecified atom stereocenters. The van der Waals surface area contributed by atoms with E-state index in [1.54, 1.807) is 25.1 Å². The van der Waals surface area contributed by atoms with Crippen molar-refractivity contribution < 1.29 is 4.79 Å². The van der Waals surface area contributed by atoms with Gasteiger partial charge in [0.15, 0.2) is 0 Å². The van der Waals surface area contributed by atoms with E-state index in [1.165, 1.54) is 0 Å². The van der Waals surface area contributed by atoms with Gasteiger partial charge < -0.3 is 20.4 Å². The topological polar surface area (TPSA) is 52.8 Å². The van der Waals surface area contributed by atoms with Gasteiger partial charge in [0.1, 0.15) is 0 Å². The third-order valence-corrected chi connectivity index (χ3v) is 4.26. The molecule has 21 heavy (non-hydrogen) atoms. The smallest absolute Gasteiger partial charge is 0.253 e. The van der Waals surface area contributed by atoms with Gasteiger partial charge in [-0.15, -0.1) is 0 Å². The Hall–Kier alpha value is -1.75. The Morgan fingerprint density at radius 3 is 2.38 bits per heavy atom. The van der Waals surface area contributed by atoms with E-state index in [2.05, 4.69) is 30.8 Å². The fourth-order valence-corrected chi connectivity index (χ4v) is 3.05. The highest BCUT2D eigenvalue weighted by Gasteiger charge is 2.31. The van der Waals surface area contributed by atoms with Crippen LogP contribution in [0.15, 0.2) is 18.2 Å². The molecule has 1 fully saturated rings. The lowest BCUT2D eigenvalue weighted by atomic mass is 10.1. The lowest BCUT2D eigenvalue weighted by molar-refractivity contribution is 0.0827.